The maximum Gasteiger partial charge on any atom is 0.176 e. The van der Waals surface area contributed by atoms with Crippen LogP contribution in [0.15, 0.2) is 35.8 Å². The normalized spacial score (nSPS) is 12.5. The molecule has 0 atom stereocenters. The van der Waals surface area contributed by atoms with Gasteiger partial charge in [0.15, 0.2) is 11.1 Å². The van der Waals surface area contributed by atoms with Gasteiger partial charge in [-0.1, -0.05) is 13.8 Å². The van der Waals surface area contributed by atoms with Gasteiger partial charge in [0.05, 0.1) is 12.9 Å². The third kappa shape index (κ3) is 2.77. The van der Waals surface area contributed by atoms with Gasteiger partial charge in [-0.3, -0.25) is 9.98 Å². The van der Waals surface area contributed by atoms with Crippen molar-refractivity contribution in [2.24, 2.45) is 4.99 Å². The zero-order valence-corrected chi connectivity index (χ0v) is 13.1. The Bertz CT molecular complexity index is 829. The maximum absolute atomic E-state index is 4.74. The van der Waals surface area contributed by atoms with E-state index in [4.69, 9.17) is 4.98 Å². The summed E-state index contributed by atoms with van der Waals surface area (Å²) >= 11 is 0. The number of aromatic amines is 1. The van der Waals surface area contributed by atoms with Crippen LogP contribution in [0, 0.1) is 0 Å². The molecule has 0 aromatic carbocycles. The zero-order chi connectivity index (χ0) is 15.5. The predicted octanol–water partition coefficient (Wildman–Crippen LogP) is 2.25. The number of nitrogens with one attached hydrogen (secondary N) is 1. The Morgan fingerprint density at radius 3 is 2.73 bits per heavy atom. The van der Waals surface area contributed by atoms with Gasteiger partial charge in [-0.25, -0.2) is 9.97 Å². The molecule has 0 aliphatic heterocycles. The fraction of sp³-hybridized carbons (Fsp3) is 0.375. The van der Waals surface area contributed by atoms with Crippen molar-refractivity contribution in [3.8, 4) is 0 Å². The molecule has 6 nitrogen and oxygen atoms in total. The molecule has 3 aromatic heterocycles. The van der Waals surface area contributed by atoms with Crippen molar-refractivity contribution < 1.29 is 0 Å². The summed E-state index contributed by atoms with van der Waals surface area (Å²) in [5, 5.41) is 0. The van der Waals surface area contributed by atoms with Crippen molar-refractivity contribution >= 4 is 11.2 Å². The summed E-state index contributed by atoms with van der Waals surface area (Å²) in [4.78, 5) is 21.1. The van der Waals surface area contributed by atoms with E-state index in [1.54, 1.807) is 12.4 Å². The lowest BCUT2D eigenvalue weighted by molar-refractivity contribution is 0.770. The Morgan fingerprint density at radius 1 is 1.27 bits per heavy atom. The van der Waals surface area contributed by atoms with Crippen LogP contribution < -0.4 is 5.49 Å². The second-order valence-electron chi connectivity index (χ2n) is 5.50. The van der Waals surface area contributed by atoms with Gasteiger partial charge in [0.25, 0.3) is 0 Å². The molecule has 0 amide bonds. The number of nitrogens with zero attached hydrogens (tertiary/aromatic N) is 5. The minimum atomic E-state index is 0.330. The summed E-state index contributed by atoms with van der Waals surface area (Å²) in [6.07, 6.45) is 5.40. The number of pyridine rings is 1. The second-order valence-corrected chi connectivity index (χ2v) is 5.50. The second kappa shape index (κ2) is 6.09. The summed E-state index contributed by atoms with van der Waals surface area (Å²) in [5.74, 6) is 1.29. The molecule has 3 heterocycles. The molecule has 22 heavy (non-hydrogen) atoms. The lowest BCUT2D eigenvalue weighted by Crippen LogP contribution is -2.15. The Kier molecular flexibility index (Phi) is 4.00. The summed E-state index contributed by atoms with van der Waals surface area (Å²) in [5.41, 5.74) is 3.69. The summed E-state index contributed by atoms with van der Waals surface area (Å²) in [6.45, 7) is 7.66. The van der Waals surface area contributed by atoms with Crippen molar-refractivity contribution in [2.75, 3.05) is 6.54 Å². The van der Waals surface area contributed by atoms with Gasteiger partial charge in [0, 0.05) is 24.9 Å². The van der Waals surface area contributed by atoms with E-state index in [0.717, 1.165) is 28.0 Å². The molecule has 0 saturated heterocycles. The van der Waals surface area contributed by atoms with E-state index in [1.807, 2.05) is 30.0 Å². The molecule has 6 heteroatoms. The average molecular weight is 296 g/mol. The highest BCUT2D eigenvalue weighted by atomic mass is 15.1. The Labute approximate surface area is 129 Å². The molecule has 1 N–H and O–H groups in total. The summed E-state index contributed by atoms with van der Waals surface area (Å²) in [6, 6.07) is 4.00. The van der Waals surface area contributed by atoms with Gasteiger partial charge in [-0.2, -0.15) is 0 Å². The third-order valence-corrected chi connectivity index (χ3v) is 3.48. The van der Waals surface area contributed by atoms with Crippen LogP contribution in [-0.4, -0.2) is 31.0 Å². The zero-order valence-electron chi connectivity index (χ0n) is 13.1. The SMILES string of the molecule is CCN=c1ncn(Cc2ccncc2)c2nc(C(C)C)[nH]c12. The first kappa shape index (κ1) is 14.4. The van der Waals surface area contributed by atoms with E-state index in [9.17, 15) is 0 Å². The first-order valence-electron chi connectivity index (χ1n) is 7.53. The number of H-pyrrole nitrogens is 1. The van der Waals surface area contributed by atoms with Crippen molar-refractivity contribution in [1.29, 1.82) is 0 Å². The number of hydrogen-bond acceptors (Lipinski definition) is 4. The molecular weight excluding hydrogens is 276 g/mol. The molecule has 0 aliphatic carbocycles. The quantitative estimate of drug-likeness (QED) is 0.802. The van der Waals surface area contributed by atoms with E-state index < -0.39 is 0 Å². The molecular formula is C16H20N6. The van der Waals surface area contributed by atoms with Gasteiger partial charge in [-0.05, 0) is 24.6 Å². The van der Waals surface area contributed by atoms with Crippen molar-refractivity contribution in [2.45, 2.75) is 33.2 Å². The summed E-state index contributed by atoms with van der Waals surface area (Å²) in [7, 11) is 0. The molecule has 0 bridgehead atoms. The molecule has 0 fully saturated rings. The van der Waals surface area contributed by atoms with Crippen LogP contribution in [0.4, 0.5) is 0 Å². The van der Waals surface area contributed by atoms with Crippen LogP contribution in [0.1, 0.15) is 38.1 Å². The highest BCUT2D eigenvalue weighted by molar-refractivity contribution is 5.69. The van der Waals surface area contributed by atoms with Gasteiger partial charge < -0.3 is 9.55 Å². The molecule has 0 unspecified atom stereocenters. The maximum atomic E-state index is 4.74. The van der Waals surface area contributed by atoms with Gasteiger partial charge in [0.2, 0.25) is 0 Å². The lowest BCUT2D eigenvalue weighted by atomic mass is 10.2. The number of fused-ring (bicyclic) bond motifs is 1. The van der Waals surface area contributed by atoms with Crippen LogP contribution in [0.5, 0.6) is 0 Å². The van der Waals surface area contributed by atoms with Crippen LogP contribution in [0.3, 0.4) is 0 Å². The first-order chi connectivity index (χ1) is 10.7. The fourth-order valence-electron chi connectivity index (χ4n) is 2.33. The highest BCUT2D eigenvalue weighted by Crippen LogP contribution is 2.15. The molecule has 0 aliphatic rings. The van der Waals surface area contributed by atoms with E-state index in [2.05, 4.69) is 33.8 Å². The molecule has 0 spiro atoms. The molecule has 0 radical (unpaired) electrons. The third-order valence-electron chi connectivity index (χ3n) is 3.48. The summed E-state index contributed by atoms with van der Waals surface area (Å²) < 4.78 is 2.04. The standard InChI is InChI=1S/C16H20N6/c1-4-18-15-13-16(21-14(20-13)11(2)3)22(10-19-15)9-12-5-7-17-8-6-12/h5-8,10-11H,4,9H2,1-3H3,(H,20,21). The largest absolute Gasteiger partial charge is 0.337 e. The van der Waals surface area contributed by atoms with Crippen LogP contribution in [0.2, 0.25) is 0 Å². The van der Waals surface area contributed by atoms with Gasteiger partial charge >= 0.3 is 0 Å². The molecule has 114 valence electrons. The van der Waals surface area contributed by atoms with E-state index >= 15 is 0 Å². The Morgan fingerprint density at radius 2 is 2.05 bits per heavy atom. The van der Waals surface area contributed by atoms with Gasteiger partial charge in [-0.15, -0.1) is 0 Å². The minimum Gasteiger partial charge on any atom is -0.337 e. The van der Waals surface area contributed by atoms with Crippen molar-refractivity contribution in [3.63, 3.8) is 0 Å². The number of aromatic nitrogens is 5. The Balaban J connectivity index is 2.15. The molecule has 3 aromatic rings. The monoisotopic (exact) mass is 296 g/mol. The fourth-order valence-corrected chi connectivity index (χ4v) is 2.33. The van der Waals surface area contributed by atoms with Crippen molar-refractivity contribution in [1.82, 2.24) is 24.5 Å². The van der Waals surface area contributed by atoms with Crippen LogP contribution in [0.25, 0.3) is 11.2 Å². The number of hydrogen-bond donors (Lipinski definition) is 1. The number of imidazole rings is 1. The molecule has 0 saturated carbocycles. The topological polar surface area (TPSA) is 71.8 Å². The lowest BCUT2D eigenvalue weighted by Gasteiger charge is -2.06. The first-order valence-corrected chi connectivity index (χ1v) is 7.53. The van der Waals surface area contributed by atoms with Crippen LogP contribution in [-0.2, 0) is 6.54 Å². The smallest absolute Gasteiger partial charge is 0.176 e. The van der Waals surface area contributed by atoms with Gasteiger partial charge in [0.1, 0.15) is 11.3 Å². The average Bonchev–Trinajstić information content (AvgIpc) is 2.97. The van der Waals surface area contributed by atoms with Crippen LogP contribution >= 0.6 is 0 Å². The van der Waals surface area contributed by atoms with E-state index in [1.165, 1.54) is 0 Å². The predicted molar refractivity (Wildman–Crippen MR) is 85.4 cm³/mol. The van der Waals surface area contributed by atoms with Crippen molar-refractivity contribution in [3.05, 3.63) is 47.7 Å². The minimum absolute atomic E-state index is 0.330. The Hall–Kier alpha value is -2.50. The number of rotatable bonds is 4. The van der Waals surface area contributed by atoms with E-state index in [-0.39, 0.29) is 0 Å². The highest BCUT2D eigenvalue weighted by Gasteiger charge is 2.11. The molecule has 3 rings (SSSR count). The van der Waals surface area contributed by atoms with E-state index in [0.29, 0.717) is 19.0 Å².